The average Bonchev–Trinajstić information content (AvgIpc) is 2.84. The van der Waals surface area contributed by atoms with E-state index in [0.717, 1.165) is 31.7 Å². The van der Waals surface area contributed by atoms with E-state index in [4.69, 9.17) is 16.3 Å². The Balaban J connectivity index is 1.88. The van der Waals surface area contributed by atoms with Crippen LogP contribution in [0.4, 0.5) is 5.69 Å². The van der Waals surface area contributed by atoms with Crippen molar-refractivity contribution in [2.45, 2.75) is 13.0 Å². The number of nitrogens with zero attached hydrogens (tertiary/aromatic N) is 1. The van der Waals surface area contributed by atoms with Crippen LogP contribution in [0.15, 0.2) is 18.2 Å². The molecule has 6 heteroatoms. The Morgan fingerprint density at radius 1 is 1.56 bits per heavy atom. The number of rotatable bonds is 5. The van der Waals surface area contributed by atoms with Gasteiger partial charge < -0.3 is 10.1 Å². The highest BCUT2D eigenvalue weighted by atomic mass is 35.5. The zero-order valence-electron chi connectivity index (χ0n) is 9.89. The summed E-state index contributed by atoms with van der Waals surface area (Å²) >= 11 is 5.75. The monoisotopic (exact) mass is 270 g/mol. The molecule has 98 valence electrons. The molecule has 1 aromatic carbocycles. The highest BCUT2D eigenvalue weighted by Crippen LogP contribution is 2.25. The number of hydrogen-bond acceptors (Lipinski definition) is 4. The maximum absolute atomic E-state index is 10.7. The van der Waals surface area contributed by atoms with E-state index in [9.17, 15) is 10.1 Å². The Hall–Kier alpha value is -1.17. The van der Waals surface area contributed by atoms with Crippen molar-refractivity contribution in [2.75, 3.05) is 19.8 Å². The van der Waals surface area contributed by atoms with Crippen molar-refractivity contribution < 1.29 is 9.66 Å². The van der Waals surface area contributed by atoms with Gasteiger partial charge in [-0.2, -0.15) is 0 Å². The van der Waals surface area contributed by atoms with Crippen molar-refractivity contribution in [1.29, 1.82) is 0 Å². The summed E-state index contributed by atoms with van der Waals surface area (Å²) in [5, 5.41) is 14.2. The molecule has 1 aliphatic rings. The molecule has 0 aliphatic carbocycles. The van der Waals surface area contributed by atoms with Crippen LogP contribution in [0.5, 0.6) is 0 Å². The molecular formula is C12H15ClN2O3. The van der Waals surface area contributed by atoms with Gasteiger partial charge in [0.1, 0.15) is 5.02 Å². The van der Waals surface area contributed by atoms with E-state index in [1.807, 2.05) is 0 Å². The molecule has 1 atom stereocenters. The van der Waals surface area contributed by atoms with Crippen LogP contribution < -0.4 is 5.32 Å². The van der Waals surface area contributed by atoms with E-state index in [0.29, 0.717) is 12.5 Å². The predicted octanol–water partition coefficient (Wildman–Crippen LogP) is 2.37. The molecule has 1 aliphatic heterocycles. The van der Waals surface area contributed by atoms with Crippen LogP contribution in [0.3, 0.4) is 0 Å². The van der Waals surface area contributed by atoms with Crippen LogP contribution in [0.25, 0.3) is 0 Å². The minimum Gasteiger partial charge on any atom is -0.381 e. The number of benzene rings is 1. The van der Waals surface area contributed by atoms with Crippen molar-refractivity contribution in [2.24, 2.45) is 5.92 Å². The van der Waals surface area contributed by atoms with Crippen LogP contribution in [0.1, 0.15) is 12.0 Å². The lowest BCUT2D eigenvalue weighted by atomic mass is 10.1. The fraction of sp³-hybridized carbons (Fsp3) is 0.500. The Morgan fingerprint density at radius 2 is 2.39 bits per heavy atom. The third-order valence-electron chi connectivity index (χ3n) is 2.99. The minimum atomic E-state index is -0.462. The third kappa shape index (κ3) is 3.41. The molecule has 0 saturated carbocycles. The van der Waals surface area contributed by atoms with Crippen molar-refractivity contribution in [3.63, 3.8) is 0 Å². The Labute approximate surface area is 110 Å². The molecular weight excluding hydrogens is 256 g/mol. The number of nitro groups is 1. The lowest BCUT2D eigenvalue weighted by molar-refractivity contribution is -0.384. The Kier molecular flexibility index (Phi) is 4.52. The fourth-order valence-corrected chi connectivity index (χ4v) is 2.16. The Morgan fingerprint density at radius 3 is 3.06 bits per heavy atom. The van der Waals surface area contributed by atoms with Gasteiger partial charge in [-0.05, 0) is 24.0 Å². The third-order valence-corrected chi connectivity index (χ3v) is 3.31. The standard InChI is InChI=1S/C12H15ClN2O3/c13-11-2-1-9(5-12(11)15(16)17)6-14-7-10-3-4-18-8-10/h1-2,5,10,14H,3-4,6-8H2. The minimum absolute atomic E-state index is 0.0415. The van der Waals surface area contributed by atoms with Gasteiger partial charge in [-0.25, -0.2) is 0 Å². The molecule has 5 nitrogen and oxygen atoms in total. The number of hydrogen-bond donors (Lipinski definition) is 1. The topological polar surface area (TPSA) is 64.4 Å². The molecule has 0 radical (unpaired) electrons. The molecule has 1 unspecified atom stereocenters. The van der Waals surface area contributed by atoms with Gasteiger partial charge in [0.25, 0.3) is 5.69 Å². The summed E-state index contributed by atoms with van der Waals surface area (Å²) in [7, 11) is 0. The largest absolute Gasteiger partial charge is 0.381 e. The number of nitrogens with one attached hydrogen (secondary N) is 1. The number of ether oxygens (including phenoxy) is 1. The van der Waals surface area contributed by atoms with Gasteiger partial charge in [-0.15, -0.1) is 0 Å². The van der Waals surface area contributed by atoms with Gasteiger partial charge in [-0.1, -0.05) is 17.7 Å². The zero-order valence-corrected chi connectivity index (χ0v) is 10.7. The van der Waals surface area contributed by atoms with Crippen LogP contribution >= 0.6 is 11.6 Å². The smallest absolute Gasteiger partial charge is 0.288 e. The van der Waals surface area contributed by atoms with Gasteiger partial charge in [-0.3, -0.25) is 10.1 Å². The van der Waals surface area contributed by atoms with E-state index in [1.165, 1.54) is 6.07 Å². The number of nitro benzene ring substituents is 1. The first-order chi connectivity index (χ1) is 8.66. The normalized spacial score (nSPS) is 19.1. The van der Waals surface area contributed by atoms with Gasteiger partial charge in [0, 0.05) is 25.8 Å². The molecule has 1 heterocycles. The molecule has 1 N–H and O–H groups in total. The zero-order chi connectivity index (χ0) is 13.0. The highest BCUT2D eigenvalue weighted by Gasteiger charge is 2.15. The molecule has 1 saturated heterocycles. The Bertz CT molecular complexity index is 433. The quantitative estimate of drug-likeness (QED) is 0.659. The van der Waals surface area contributed by atoms with Crippen LogP contribution in [0, 0.1) is 16.0 Å². The first-order valence-corrected chi connectivity index (χ1v) is 6.26. The molecule has 0 amide bonds. The summed E-state index contributed by atoms with van der Waals surface area (Å²) in [6.45, 7) is 3.11. The van der Waals surface area contributed by atoms with Crippen molar-refractivity contribution in [1.82, 2.24) is 5.32 Å². The maximum atomic E-state index is 10.7. The van der Waals surface area contributed by atoms with Crippen molar-refractivity contribution >= 4 is 17.3 Å². The lowest BCUT2D eigenvalue weighted by Crippen LogP contribution is -2.22. The van der Waals surface area contributed by atoms with Crippen molar-refractivity contribution in [3.05, 3.63) is 38.9 Å². The average molecular weight is 271 g/mol. The SMILES string of the molecule is O=[N+]([O-])c1cc(CNCC2CCOC2)ccc1Cl. The summed E-state index contributed by atoms with van der Waals surface area (Å²) in [5.74, 6) is 0.548. The first kappa shape index (κ1) is 13.3. The van der Waals surface area contributed by atoms with Crippen LogP contribution in [-0.4, -0.2) is 24.7 Å². The molecule has 2 rings (SSSR count). The van der Waals surface area contributed by atoms with Crippen LogP contribution in [0.2, 0.25) is 5.02 Å². The van der Waals surface area contributed by atoms with E-state index in [2.05, 4.69) is 5.32 Å². The summed E-state index contributed by atoms with van der Waals surface area (Å²) in [6, 6.07) is 4.88. The van der Waals surface area contributed by atoms with E-state index < -0.39 is 4.92 Å². The summed E-state index contributed by atoms with van der Waals surface area (Å²) < 4.78 is 5.28. The second-order valence-electron chi connectivity index (χ2n) is 4.40. The lowest BCUT2D eigenvalue weighted by Gasteiger charge is -2.09. The predicted molar refractivity (Wildman–Crippen MR) is 68.7 cm³/mol. The molecule has 0 aromatic heterocycles. The first-order valence-electron chi connectivity index (χ1n) is 5.88. The van der Waals surface area contributed by atoms with E-state index in [-0.39, 0.29) is 10.7 Å². The van der Waals surface area contributed by atoms with Gasteiger partial charge in [0.2, 0.25) is 0 Å². The molecule has 1 aromatic rings. The maximum Gasteiger partial charge on any atom is 0.288 e. The van der Waals surface area contributed by atoms with Gasteiger partial charge >= 0.3 is 0 Å². The van der Waals surface area contributed by atoms with E-state index >= 15 is 0 Å². The second kappa shape index (κ2) is 6.13. The summed E-state index contributed by atoms with van der Waals surface area (Å²) in [6.07, 6.45) is 1.08. The number of halogens is 1. The van der Waals surface area contributed by atoms with Gasteiger partial charge in [0.05, 0.1) is 11.5 Å². The van der Waals surface area contributed by atoms with Crippen LogP contribution in [-0.2, 0) is 11.3 Å². The molecule has 18 heavy (non-hydrogen) atoms. The fourth-order valence-electron chi connectivity index (χ4n) is 1.97. The highest BCUT2D eigenvalue weighted by molar-refractivity contribution is 6.32. The summed E-state index contributed by atoms with van der Waals surface area (Å²) in [4.78, 5) is 10.3. The summed E-state index contributed by atoms with van der Waals surface area (Å²) in [5.41, 5.74) is 0.824. The molecule has 1 fully saturated rings. The van der Waals surface area contributed by atoms with Crippen molar-refractivity contribution in [3.8, 4) is 0 Å². The second-order valence-corrected chi connectivity index (χ2v) is 4.81. The molecule has 0 spiro atoms. The van der Waals surface area contributed by atoms with Gasteiger partial charge in [0.15, 0.2) is 0 Å². The molecule has 0 bridgehead atoms. The van der Waals surface area contributed by atoms with E-state index in [1.54, 1.807) is 12.1 Å².